The summed E-state index contributed by atoms with van der Waals surface area (Å²) in [4.78, 5) is 15.0. The molecular formula is C26H26FN5O2. The Morgan fingerprint density at radius 3 is 2.94 bits per heavy atom. The number of nitriles is 1. The number of rotatable bonds is 5. The summed E-state index contributed by atoms with van der Waals surface area (Å²) in [6, 6.07) is 10.3. The number of hydrogen-bond donors (Lipinski definition) is 2. The molecule has 1 saturated heterocycles. The van der Waals surface area contributed by atoms with Crippen molar-refractivity contribution in [2.24, 2.45) is 5.92 Å². The summed E-state index contributed by atoms with van der Waals surface area (Å²) < 4.78 is 16.7. The number of carbonyl (C=O) groups is 1. The normalized spacial score (nSPS) is 17.4. The molecule has 174 valence electrons. The first-order valence-electron chi connectivity index (χ1n) is 11.6. The first-order chi connectivity index (χ1) is 16.5. The van der Waals surface area contributed by atoms with Gasteiger partial charge >= 0.3 is 0 Å². The Morgan fingerprint density at radius 2 is 2.18 bits per heavy atom. The van der Waals surface area contributed by atoms with Crippen LogP contribution in [0.1, 0.15) is 46.8 Å². The van der Waals surface area contributed by atoms with Gasteiger partial charge in [0.25, 0.3) is 5.91 Å². The van der Waals surface area contributed by atoms with Crippen molar-refractivity contribution < 1.29 is 14.3 Å². The number of carbonyl (C=O) groups excluding carboxylic acids is 1. The topological polar surface area (TPSA) is 94.2 Å². The molecular weight excluding hydrogens is 433 g/mol. The molecule has 7 nitrogen and oxygen atoms in total. The van der Waals surface area contributed by atoms with E-state index in [9.17, 15) is 15.2 Å². The molecule has 2 N–H and O–H groups in total. The van der Waals surface area contributed by atoms with Gasteiger partial charge in [-0.25, -0.2) is 9.07 Å². The van der Waals surface area contributed by atoms with Gasteiger partial charge in [0.2, 0.25) is 0 Å². The van der Waals surface area contributed by atoms with Crippen LogP contribution in [0.25, 0.3) is 16.8 Å². The lowest BCUT2D eigenvalue weighted by molar-refractivity contribution is 0.0965. The van der Waals surface area contributed by atoms with Gasteiger partial charge in [-0.3, -0.25) is 4.79 Å². The van der Waals surface area contributed by atoms with Crippen LogP contribution in [0, 0.1) is 23.1 Å². The van der Waals surface area contributed by atoms with E-state index in [2.05, 4.69) is 16.3 Å². The van der Waals surface area contributed by atoms with Crippen LogP contribution in [-0.4, -0.2) is 40.5 Å². The predicted molar refractivity (Wildman–Crippen MR) is 126 cm³/mol. The summed E-state index contributed by atoms with van der Waals surface area (Å²) >= 11 is 0. The highest BCUT2D eigenvalue weighted by atomic mass is 19.1. The van der Waals surface area contributed by atoms with Crippen molar-refractivity contribution in [1.82, 2.24) is 15.1 Å². The average Bonchev–Trinajstić information content (AvgIpc) is 3.51. The van der Waals surface area contributed by atoms with Crippen LogP contribution in [0.4, 0.5) is 10.2 Å². The van der Waals surface area contributed by atoms with Crippen molar-refractivity contribution in [1.29, 1.82) is 5.26 Å². The van der Waals surface area contributed by atoms with E-state index in [-0.39, 0.29) is 29.6 Å². The molecule has 2 aliphatic heterocycles. The lowest BCUT2D eigenvalue weighted by Gasteiger charge is -2.31. The molecule has 3 heterocycles. The molecule has 2 aliphatic rings. The summed E-state index contributed by atoms with van der Waals surface area (Å²) in [6.07, 6.45) is 4.37. The van der Waals surface area contributed by atoms with Gasteiger partial charge in [0.05, 0.1) is 22.9 Å². The number of aliphatic hydroxyl groups is 1. The third-order valence-electron chi connectivity index (χ3n) is 6.86. The SMILES string of the molecule is CCc1c(-c2c(F)cccc2C#N)cc(-n2ccc(N3CCCC(CO)C3)n2)c2c1CNC2=O. The molecule has 2 aromatic carbocycles. The number of anilines is 1. The van der Waals surface area contributed by atoms with Crippen LogP contribution in [0.2, 0.25) is 0 Å². The van der Waals surface area contributed by atoms with Crippen LogP contribution in [0.15, 0.2) is 36.5 Å². The molecule has 1 amide bonds. The zero-order valence-electron chi connectivity index (χ0n) is 19.0. The van der Waals surface area contributed by atoms with Gasteiger partial charge in [-0.1, -0.05) is 13.0 Å². The van der Waals surface area contributed by atoms with Gasteiger partial charge < -0.3 is 15.3 Å². The van der Waals surface area contributed by atoms with E-state index in [0.29, 0.717) is 29.8 Å². The first kappa shape index (κ1) is 22.1. The van der Waals surface area contributed by atoms with E-state index < -0.39 is 5.82 Å². The molecule has 0 spiro atoms. The summed E-state index contributed by atoms with van der Waals surface area (Å²) in [5.74, 6) is 0.335. The van der Waals surface area contributed by atoms with Crippen molar-refractivity contribution in [2.45, 2.75) is 32.7 Å². The number of amides is 1. The van der Waals surface area contributed by atoms with Crippen LogP contribution in [-0.2, 0) is 13.0 Å². The number of piperidine rings is 1. The quantitative estimate of drug-likeness (QED) is 0.609. The maximum absolute atomic E-state index is 15.0. The van der Waals surface area contributed by atoms with E-state index in [1.54, 1.807) is 23.0 Å². The minimum atomic E-state index is -0.471. The van der Waals surface area contributed by atoms with Crippen molar-refractivity contribution in [3.63, 3.8) is 0 Å². The smallest absolute Gasteiger partial charge is 0.254 e. The average molecular weight is 460 g/mol. The highest BCUT2D eigenvalue weighted by Crippen LogP contribution is 2.38. The standard InChI is InChI=1S/C26H26FN5O2/c1-2-18-19(24-17(12-28)6-3-7-21(24)27)11-22(25-20(18)13-29-26(25)34)32-10-8-23(30-32)31-9-4-5-16(14-31)15-33/h3,6-8,10-11,16,33H,2,4-5,9,13-15H2,1H3,(H,29,34). The molecule has 34 heavy (non-hydrogen) atoms. The molecule has 5 rings (SSSR count). The lowest BCUT2D eigenvalue weighted by atomic mass is 9.88. The minimum absolute atomic E-state index is 0.149. The lowest BCUT2D eigenvalue weighted by Crippen LogP contribution is -2.37. The number of nitrogens with one attached hydrogen (secondary N) is 1. The number of hydrogen-bond acceptors (Lipinski definition) is 5. The highest BCUT2D eigenvalue weighted by molar-refractivity contribution is 6.03. The fourth-order valence-electron chi connectivity index (χ4n) is 5.21. The van der Waals surface area contributed by atoms with E-state index in [0.717, 1.165) is 42.9 Å². The largest absolute Gasteiger partial charge is 0.396 e. The number of aliphatic hydroxyl groups excluding tert-OH is 1. The maximum atomic E-state index is 15.0. The number of nitrogens with zero attached hydrogens (tertiary/aromatic N) is 4. The molecule has 1 fully saturated rings. The van der Waals surface area contributed by atoms with Gasteiger partial charge in [-0.05, 0) is 60.1 Å². The Balaban J connectivity index is 1.67. The second-order valence-electron chi connectivity index (χ2n) is 8.84. The molecule has 8 heteroatoms. The number of fused-ring (bicyclic) bond motifs is 1. The van der Waals surface area contributed by atoms with Gasteiger partial charge in [0.1, 0.15) is 5.82 Å². The van der Waals surface area contributed by atoms with Crippen LogP contribution in [0.5, 0.6) is 0 Å². The Kier molecular flexibility index (Phi) is 5.80. The third kappa shape index (κ3) is 3.62. The molecule has 0 aliphatic carbocycles. The fourth-order valence-corrected chi connectivity index (χ4v) is 5.21. The fraction of sp³-hybridized carbons (Fsp3) is 0.346. The van der Waals surface area contributed by atoms with Crippen LogP contribution >= 0.6 is 0 Å². The zero-order valence-corrected chi connectivity index (χ0v) is 19.0. The molecule has 1 unspecified atom stereocenters. The van der Waals surface area contributed by atoms with Gasteiger partial charge in [-0.15, -0.1) is 0 Å². The van der Waals surface area contributed by atoms with E-state index in [1.165, 1.54) is 12.1 Å². The molecule has 0 radical (unpaired) electrons. The number of aromatic nitrogens is 2. The third-order valence-corrected chi connectivity index (χ3v) is 6.86. The molecule has 3 aromatic rings. The Hall–Kier alpha value is -3.70. The van der Waals surface area contributed by atoms with E-state index in [4.69, 9.17) is 5.10 Å². The van der Waals surface area contributed by atoms with E-state index in [1.807, 2.05) is 13.0 Å². The maximum Gasteiger partial charge on any atom is 0.254 e. The first-order valence-corrected chi connectivity index (χ1v) is 11.6. The molecule has 0 saturated carbocycles. The molecule has 1 atom stereocenters. The van der Waals surface area contributed by atoms with Crippen molar-refractivity contribution in [3.8, 4) is 22.9 Å². The van der Waals surface area contributed by atoms with Gasteiger partial charge in [-0.2, -0.15) is 10.4 Å². The summed E-state index contributed by atoms with van der Waals surface area (Å²) in [6.45, 7) is 4.05. The molecule has 1 aromatic heterocycles. The monoisotopic (exact) mass is 459 g/mol. The summed E-state index contributed by atoms with van der Waals surface area (Å²) in [5.41, 5.74) is 3.89. The van der Waals surface area contributed by atoms with Crippen LogP contribution < -0.4 is 10.2 Å². The zero-order chi connectivity index (χ0) is 23.8. The minimum Gasteiger partial charge on any atom is -0.396 e. The Labute approximate surface area is 197 Å². The van der Waals surface area contributed by atoms with Crippen molar-refractivity contribution >= 4 is 11.7 Å². The number of halogens is 1. The molecule has 0 bridgehead atoms. The Morgan fingerprint density at radius 1 is 1.32 bits per heavy atom. The summed E-state index contributed by atoms with van der Waals surface area (Å²) in [7, 11) is 0. The number of benzene rings is 2. The van der Waals surface area contributed by atoms with Crippen molar-refractivity contribution in [3.05, 3.63) is 64.6 Å². The van der Waals surface area contributed by atoms with Gasteiger partial charge in [0.15, 0.2) is 5.82 Å². The highest BCUT2D eigenvalue weighted by Gasteiger charge is 2.30. The predicted octanol–water partition coefficient (Wildman–Crippen LogP) is 3.56. The second kappa shape index (κ2) is 8.92. The Bertz CT molecular complexity index is 1310. The van der Waals surface area contributed by atoms with Gasteiger partial charge in [0, 0.05) is 44.1 Å². The summed E-state index contributed by atoms with van der Waals surface area (Å²) in [5, 5.41) is 26.9. The second-order valence-corrected chi connectivity index (χ2v) is 8.84. The van der Waals surface area contributed by atoms with Crippen LogP contribution in [0.3, 0.4) is 0 Å². The van der Waals surface area contributed by atoms with E-state index >= 15 is 4.39 Å². The van der Waals surface area contributed by atoms with Crippen molar-refractivity contribution in [2.75, 3.05) is 24.6 Å².